The van der Waals surface area contributed by atoms with Gasteiger partial charge in [0.2, 0.25) is 5.78 Å². The number of aryl methyl sites for hydroxylation is 1. The van der Waals surface area contributed by atoms with E-state index in [1.54, 1.807) is 18.2 Å². The van der Waals surface area contributed by atoms with Crippen molar-refractivity contribution in [1.29, 1.82) is 0 Å². The van der Waals surface area contributed by atoms with E-state index in [2.05, 4.69) is 4.90 Å². The molecule has 5 rings (SSSR count). The number of hydrogen-bond acceptors (Lipinski definition) is 6. The number of aromatic hydroxyl groups is 1. The first kappa shape index (κ1) is 24.3. The van der Waals surface area contributed by atoms with Crippen LogP contribution in [0.25, 0.3) is 10.1 Å². The molecule has 1 saturated heterocycles. The normalized spacial score (nSPS) is 14.1. The summed E-state index contributed by atoms with van der Waals surface area (Å²) in [5.74, 6) is 1.85. The molecule has 0 bridgehead atoms. The van der Waals surface area contributed by atoms with Gasteiger partial charge in [-0.2, -0.15) is 0 Å². The fourth-order valence-electron chi connectivity index (χ4n) is 4.39. The molecule has 0 aliphatic carbocycles. The van der Waals surface area contributed by atoms with E-state index in [-0.39, 0.29) is 24.3 Å². The molecule has 3 aromatic carbocycles. The molecule has 0 saturated carbocycles. The van der Waals surface area contributed by atoms with Crippen LogP contribution in [0.4, 0.5) is 4.39 Å². The van der Waals surface area contributed by atoms with Gasteiger partial charge in [0, 0.05) is 35.3 Å². The zero-order chi connectivity index (χ0) is 25.2. The van der Waals surface area contributed by atoms with E-state index in [0.29, 0.717) is 28.4 Å². The summed E-state index contributed by atoms with van der Waals surface area (Å²) < 4.78 is 25.4. The smallest absolute Gasteiger partial charge is 0.207 e. The van der Waals surface area contributed by atoms with Crippen LogP contribution in [0.15, 0.2) is 60.7 Å². The number of hydrogen-bond donors (Lipinski definition) is 1. The third kappa shape index (κ3) is 4.94. The molecule has 5 nitrogen and oxygen atoms in total. The van der Waals surface area contributed by atoms with E-state index < -0.39 is 0 Å². The fraction of sp³-hybridized carbons (Fsp3) is 0.276. The van der Waals surface area contributed by atoms with Gasteiger partial charge in [-0.1, -0.05) is 18.2 Å². The molecule has 7 heteroatoms. The molecule has 4 aromatic rings. The van der Waals surface area contributed by atoms with Crippen molar-refractivity contribution in [3.63, 3.8) is 0 Å². The number of fused-ring (bicyclic) bond motifs is 1. The Balaban J connectivity index is 1.38. The standard InChI is InChI=1S/C29H28FNO4S/c1-18-5-3-6-24(19(18)2)27(33)29-28(25-12-7-20(32)15-26(25)36-29)35-22-10-8-21(9-11-22)34-23-16-31(17-23)14-4-13-30/h3,5-12,15,23,32H,4,13-14,16-17H2,1-2H3. The second-order valence-electron chi connectivity index (χ2n) is 9.13. The van der Waals surface area contributed by atoms with Crippen molar-refractivity contribution in [2.75, 3.05) is 26.3 Å². The van der Waals surface area contributed by atoms with Crippen molar-refractivity contribution in [3.05, 3.63) is 82.2 Å². The van der Waals surface area contributed by atoms with Crippen LogP contribution in [0.3, 0.4) is 0 Å². The van der Waals surface area contributed by atoms with Crippen LogP contribution < -0.4 is 9.47 Å². The molecule has 0 unspecified atom stereocenters. The van der Waals surface area contributed by atoms with Crippen LogP contribution in [0.2, 0.25) is 0 Å². The number of benzene rings is 3. The van der Waals surface area contributed by atoms with Crippen LogP contribution in [-0.4, -0.2) is 48.2 Å². The highest BCUT2D eigenvalue weighted by Crippen LogP contribution is 2.43. The lowest BCUT2D eigenvalue weighted by Gasteiger charge is -2.38. The van der Waals surface area contributed by atoms with Crippen LogP contribution in [0.5, 0.6) is 23.0 Å². The van der Waals surface area contributed by atoms with Crippen molar-refractivity contribution in [2.45, 2.75) is 26.4 Å². The summed E-state index contributed by atoms with van der Waals surface area (Å²) in [6, 6.07) is 18.1. The number of alkyl halides is 1. The van der Waals surface area contributed by atoms with Gasteiger partial charge >= 0.3 is 0 Å². The largest absolute Gasteiger partial charge is 0.508 e. The Kier molecular flexibility index (Phi) is 6.94. The molecule has 1 N–H and O–H groups in total. The number of nitrogens with zero attached hydrogens (tertiary/aromatic N) is 1. The number of phenolic OH excluding ortho intramolecular Hbond substituents is 1. The molecule has 0 radical (unpaired) electrons. The number of thiophene rings is 1. The first-order valence-corrected chi connectivity index (χ1v) is 12.8. The number of halogens is 1. The number of carbonyl (C=O) groups is 1. The number of likely N-dealkylation sites (tertiary alicyclic amines) is 1. The molecular formula is C29H28FNO4S. The van der Waals surface area contributed by atoms with E-state index in [1.165, 1.54) is 11.3 Å². The molecule has 0 amide bonds. The van der Waals surface area contributed by atoms with Gasteiger partial charge in [0.05, 0.1) is 6.67 Å². The Morgan fingerprint density at radius 1 is 1.08 bits per heavy atom. The zero-order valence-electron chi connectivity index (χ0n) is 20.3. The third-order valence-electron chi connectivity index (χ3n) is 6.56. The molecular weight excluding hydrogens is 477 g/mol. The predicted molar refractivity (Wildman–Crippen MR) is 141 cm³/mol. The van der Waals surface area contributed by atoms with Crippen molar-refractivity contribution in [3.8, 4) is 23.0 Å². The number of phenols is 1. The molecule has 2 heterocycles. The fourth-order valence-corrected chi connectivity index (χ4v) is 5.51. The first-order chi connectivity index (χ1) is 17.4. The van der Waals surface area contributed by atoms with Gasteiger partial charge in [0.15, 0.2) is 5.75 Å². The molecule has 36 heavy (non-hydrogen) atoms. The van der Waals surface area contributed by atoms with E-state index >= 15 is 0 Å². The minimum Gasteiger partial charge on any atom is -0.508 e. The Morgan fingerprint density at radius 3 is 2.58 bits per heavy atom. The number of rotatable bonds is 9. The summed E-state index contributed by atoms with van der Waals surface area (Å²) >= 11 is 1.32. The molecule has 1 fully saturated rings. The maximum Gasteiger partial charge on any atom is 0.207 e. The van der Waals surface area contributed by atoms with Crippen molar-refractivity contribution < 1.29 is 23.8 Å². The lowest BCUT2D eigenvalue weighted by molar-refractivity contribution is 0.0184. The van der Waals surface area contributed by atoms with Crippen molar-refractivity contribution in [2.24, 2.45) is 0 Å². The summed E-state index contributed by atoms with van der Waals surface area (Å²) in [7, 11) is 0. The summed E-state index contributed by atoms with van der Waals surface area (Å²) in [6.45, 7) is 6.01. The Labute approximate surface area is 213 Å². The monoisotopic (exact) mass is 505 g/mol. The molecule has 0 spiro atoms. The van der Waals surface area contributed by atoms with E-state index in [4.69, 9.17) is 9.47 Å². The van der Waals surface area contributed by atoms with Gasteiger partial charge in [-0.3, -0.25) is 14.1 Å². The predicted octanol–water partition coefficient (Wildman–Crippen LogP) is 6.67. The molecule has 1 aromatic heterocycles. The highest BCUT2D eigenvalue weighted by molar-refractivity contribution is 7.21. The SMILES string of the molecule is Cc1cccc(C(=O)c2sc3cc(O)ccc3c2Oc2ccc(OC3CN(CCCF)C3)cc2)c1C. The maximum absolute atomic E-state index is 13.6. The van der Waals surface area contributed by atoms with E-state index in [0.717, 1.165) is 46.6 Å². The lowest BCUT2D eigenvalue weighted by Crippen LogP contribution is -2.53. The highest BCUT2D eigenvalue weighted by Gasteiger charge is 2.28. The number of ketones is 1. The van der Waals surface area contributed by atoms with E-state index in [9.17, 15) is 14.3 Å². The van der Waals surface area contributed by atoms with Gasteiger partial charge < -0.3 is 14.6 Å². The second-order valence-corrected chi connectivity index (χ2v) is 10.2. The summed E-state index contributed by atoms with van der Waals surface area (Å²) in [6.07, 6.45) is 0.663. The minimum absolute atomic E-state index is 0.103. The van der Waals surface area contributed by atoms with Crippen LogP contribution in [-0.2, 0) is 0 Å². The van der Waals surface area contributed by atoms with Crippen molar-refractivity contribution in [1.82, 2.24) is 4.90 Å². The summed E-state index contributed by atoms with van der Waals surface area (Å²) in [4.78, 5) is 16.3. The van der Waals surface area contributed by atoms with E-state index in [1.807, 2.05) is 56.3 Å². The van der Waals surface area contributed by atoms with Crippen molar-refractivity contribution >= 4 is 27.2 Å². The van der Waals surface area contributed by atoms with Gasteiger partial charge in [0.25, 0.3) is 0 Å². The lowest BCUT2D eigenvalue weighted by atomic mass is 9.99. The quantitative estimate of drug-likeness (QED) is 0.258. The highest BCUT2D eigenvalue weighted by atomic mass is 32.1. The summed E-state index contributed by atoms with van der Waals surface area (Å²) in [5.41, 5.74) is 2.63. The van der Waals surface area contributed by atoms with Gasteiger partial charge in [-0.05, 0) is 73.9 Å². The Hall–Kier alpha value is -3.42. The number of ether oxygens (including phenoxy) is 2. The molecule has 186 valence electrons. The Bertz CT molecular complexity index is 1390. The average Bonchev–Trinajstić information content (AvgIpc) is 3.20. The topological polar surface area (TPSA) is 59.0 Å². The van der Waals surface area contributed by atoms with Gasteiger partial charge in [0.1, 0.15) is 28.2 Å². The Morgan fingerprint density at radius 2 is 1.83 bits per heavy atom. The maximum atomic E-state index is 13.6. The van der Waals surface area contributed by atoms with Crippen LogP contribution >= 0.6 is 11.3 Å². The van der Waals surface area contributed by atoms with Crippen LogP contribution in [0, 0.1) is 13.8 Å². The first-order valence-electron chi connectivity index (χ1n) is 12.0. The molecule has 0 atom stereocenters. The van der Waals surface area contributed by atoms with Gasteiger partial charge in [-0.25, -0.2) is 0 Å². The molecule has 1 aliphatic rings. The average molecular weight is 506 g/mol. The zero-order valence-corrected chi connectivity index (χ0v) is 21.1. The second kappa shape index (κ2) is 10.3. The minimum atomic E-state index is -0.290. The summed E-state index contributed by atoms with van der Waals surface area (Å²) in [5, 5.41) is 10.8. The third-order valence-corrected chi connectivity index (χ3v) is 7.69. The van der Waals surface area contributed by atoms with Crippen LogP contribution in [0.1, 0.15) is 32.8 Å². The van der Waals surface area contributed by atoms with Gasteiger partial charge in [-0.15, -0.1) is 11.3 Å². The number of carbonyl (C=O) groups excluding carboxylic acids is 1. The molecule has 1 aliphatic heterocycles.